The van der Waals surface area contributed by atoms with Crippen LogP contribution in [0.3, 0.4) is 0 Å². The Balaban J connectivity index is 1.87. The summed E-state index contributed by atoms with van der Waals surface area (Å²) in [4.78, 5) is 54.9. The van der Waals surface area contributed by atoms with Crippen molar-refractivity contribution in [3.8, 4) is 0 Å². The van der Waals surface area contributed by atoms with Gasteiger partial charge in [0, 0.05) is 24.1 Å². The van der Waals surface area contributed by atoms with E-state index in [1.807, 2.05) is 0 Å². The summed E-state index contributed by atoms with van der Waals surface area (Å²) in [6.45, 7) is 2.18. The molecule has 11 nitrogen and oxygen atoms in total. The number of aromatic amines is 1. The van der Waals surface area contributed by atoms with Crippen molar-refractivity contribution in [1.29, 1.82) is 0 Å². The van der Waals surface area contributed by atoms with Crippen LogP contribution in [0.4, 0.5) is 0 Å². The van der Waals surface area contributed by atoms with E-state index >= 15 is 0 Å². The minimum atomic E-state index is -1.21. The second-order valence-corrected chi connectivity index (χ2v) is 7.17. The van der Waals surface area contributed by atoms with E-state index in [0.717, 1.165) is 13.0 Å². The Kier molecular flexibility index (Phi) is 8.46. The average Bonchev–Trinajstić information content (AvgIpc) is 3.38. The minimum absolute atomic E-state index is 0.0193. The van der Waals surface area contributed by atoms with Gasteiger partial charge in [-0.05, 0) is 26.3 Å². The molecule has 3 amide bonds. The molecule has 29 heavy (non-hydrogen) atoms. The van der Waals surface area contributed by atoms with E-state index in [2.05, 4.69) is 43.9 Å². The molecule has 0 saturated carbocycles. The Morgan fingerprint density at radius 1 is 1.24 bits per heavy atom. The molecule has 0 aromatic carbocycles. The fraction of sp³-hybridized carbons (Fsp3) is 0.588. The van der Waals surface area contributed by atoms with Gasteiger partial charge < -0.3 is 31.4 Å². The lowest BCUT2D eigenvalue weighted by Crippen LogP contribution is -2.57. The second-order valence-electron chi connectivity index (χ2n) is 6.80. The van der Waals surface area contributed by atoms with Gasteiger partial charge >= 0.3 is 5.97 Å². The number of imidazole rings is 1. The van der Waals surface area contributed by atoms with Gasteiger partial charge in [0.05, 0.1) is 12.4 Å². The van der Waals surface area contributed by atoms with E-state index in [0.29, 0.717) is 12.1 Å². The van der Waals surface area contributed by atoms with Gasteiger partial charge in [-0.1, -0.05) is 0 Å². The van der Waals surface area contributed by atoms with Gasteiger partial charge in [-0.15, -0.1) is 0 Å². The first-order valence-electron chi connectivity index (χ1n) is 9.27. The number of aliphatic carboxylic acids is 1. The molecule has 1 aromatic heterocycles. The third kappa shape index (κ3) is 6.75. The number of nitrogens with zero attached hydrogens (tertiary/aromatic N) is 1. The maximum atomic E-state index is 12.4. The van der Waals surface area contributed by atoms with Gasteiger partial charge in [-0.25, -0.2) is 9.78 Å². The molecule has 2 rings (SSSR count). The summed E-state index contributed by atoms with van der Waals surface area (Å²) in [6, 6.07) is -3.44. The van der Waals surface area contributed by atoms with Gasteiger partial charge in [0.1, 0.15) is 18.1 Å². The van der Waals surface area contributed by atoms with Crippen molar-refractivity contribution in [2.24, 2.45) is 0 Å². The Labute approximate surface area is 173 Å². The molecule has 0 radical (unpaired) electrons. The first kappa shape index (κ1) is 22.7. The highest BCUT2D eigenvalue weighted by molar-refractivity contribution is 7.80. The lowest BCUT2D eigenvalue weighted by atomic mass is 10.1. The molecule has 1 aromatic rings. The fourth-order valence-corrected chi connectivity index (χ4v) is 3.12. The second kappa shape index (κ2) is 10.8. The summed E-state index contributed by atoms with van der Waals surface area (Å²) >= 11 is 4.09. The number of carbonyl (C=O) groups excluding carboxylic acids is 3. The molecule has 6 N–H and O–H groups in total. The summed E-state index contributed by atoms with van der Waals surface area (Å²) in [5, 5.41) is 19.8. The van der Waals surface area contributed by atoms with E-state index in [1.165, 1.54) is 19.4 Å². The molecule has 0 spiro atoms. The third-order valence-electron chi connectivity index (χ3n) is 4.54. The Morgan fingerprint density at radius 2 is 2.00 bits per heavy atom. The number of carboxylic acid groups (broad SMARTS) is 1. The van der Waals surface area contributed by atoms with E-state index in [4.69, 9.17) is 0 Å². The summed E-state index contributed by atoms with van der Waals surface area (Å²) in [6.07, 6.45) is 4.47. The molecular formula is C17H26N6O5S. The van der Waals surface area contributed by atoms with Gasteiger partial charge in [0.15, 0.2) is 0 Å². The number of aromatic nitrogens is 2. The molecule has 1 fully saturated rings. The van der Waals surface area contributed by atoms with Crippen LogP contribution in [0.25, 0.3) is 0 Å². The third-order valence-corrected chi connectivity index (χ3v) is 4.90. The average molecular weight is 426 g/mol. The number of hydrogen-bond acceptors (Lipinski definition) is 7. The predicted molar refractivity (Wildman–Crippen MR) is 106 cm³/mol. The van der Waals surface area contributed by atoms with Crippen molar-refractivity contribution in [2.75, 3.05) is 12.3 Å². The molecular weight excluding hydrogens is 400 g/mol. The van der Waals surface area contributed by atoms with Gasteiger partial charge in [-0.3, -0.25) is 14.4 Å². The summed E-state index contributed by atoms with van der Waals surface area (Å²) in [5.74, 6) is -2.69. The van der Waals surface area contributed by atoms with E-state index < -0.39 is 35.9 Å². The van der Waals surface area contributed by atoms with Crippen molar-refractivity contribution in [1.82, 2.24) is 31.2 Å². The lowest BCUT2D eigenvalue weighted by molar-refractivity contribution is -0.142. The van der Waals surface area contributed by atoms with E-state index in [1.54, 1.807) is 0 Å². The molecule has 0 bridgehead atoms. The normalized spacial score (nSPS) is 19.0. The first-order valence-corrected chi connectivity index (χ1v) is 9.90. The number of carboxylic acids is 1. The van der Waals surface area contributed by atoms with Crippen molar-refractivity contribution < 1.29 is 24.3 Å². The zero-order valence-corrected chi connectivity index (χ0v) is 16.9. The molecule has 1 aliphatic rings. The number of rotatable bonds is 10. The van der Waals surface area contributed by atoms with Gasteiger partial charge in [-0.2, -0.15) is 12.6 Å². The monoisotopic (exact) mass is 426 g/mol. The van der Waals surface area contributed by atoms with Crippen LogP contribution < -0.4 is 21.3 Å². The summed E-state index contributed by atoms with van der Waals surface area (Å²) < 4.78 is 0. The lowest BCUT2D eigenvalue weighted by Gasteiger charge is -2.22. The highest BCUT2D eigenvalue weighted by Gasteiger charge is 2.29. The number of carbonyl (C=O) groups is 4. The number of nitrogens with one attached hydrogen (secondary N) is 5. The van der Waals surface area contributed by atoms with Crippen LogP contribution >= 0.6 is 12.6 Å². The van der Waals surface area contributed by atoms with Crippen molar-refractivity contribution in [3.05, 3.63) is 18.2 Å². The van der Waals surface area contributed by atoms with Gasteiger partial charge in [0.25, 0.3) is 0 Å². The van der Waals surface area contributed by atoms with Crippen LogP contribution in [0.1, 0.15) is 25.5 Å². The largest absolute Gasteiger partial charge is 0.480 e. The molecule has 12 heteroatoms. The summed E-state index contributed by atoms with van der Waals surface area (Å²) in [5.41, 5.74) is 0.549. The Hall–Kier alpha value is -2.60. The van der Waals surface area contributed by atoms with Crippen molar-refractivity contribution >= 4 is 36.3 Å². The molecule has 0 aliphatic carbocycles. The maximum Gasteiger partial charge on any atom is 0.326 e. The highest BCUT2D eigenvalue weighted by Crippen LogP contribution is 2.05. The Morgan fingerprint density at radius 3 is 2.55 bits per heavy atom. The van der Waals surface area contributed by atoms with Crippen LogP contribution in [-0.4, -0.2) is 75.2 Å². The zero-order valence-electron chi connectivity index (χ0n) is 16.0. The van der Waals surface area contributed by atoms with E-state index in [-0.39, 0.29) is 24.1 Å². The molecule has 1 saturated heterocycles. The molecule has 1 aliphatic heterocycles. The van der Waals surface area contributed by atoms with Crippen LogP contribution in [0.2, 0.25) is 0 Å². The molecule has 2 heterocycles. The number of thiol groups is 1. The summed E-state index contributed by atoms with van der Waals surface area (Å²) in [7, 11) is 0. The molecule has 4 unspecified atom stereocenters. The topological polar surface area (TPSA) is 165 Å². The first-order chi connectivity index (χ1) is 13.8. The fourth-order valence-electron chi connectivity index (χ4n) is 2.87. The number of hydrogen-bond donors (Lipinski definition) is 7. The quantitative estimate of drug-likeness (QED) is 0.217. The number of amides is 3. The molecule has 4 atom stereocenters. The minimum Gasteiger partial charge on any atom is -0.480 e. The van der Waals surface area contributed by atoms with Gasteiger partial charge in [0.2, 0.25) is 17.7 Å². The van der Waals surface area contributed by atoms with Crippen molar-refractivity contribution in [3.63, 3.8) is 0 Å². The zero-order chi connectivity index (χ0) is 21.4. The molecule has 160 valence electrons. The number of H-pyrrole nitrogens is 1. The van der Waals surface area contributed by atoms with Crippen LogP contribution in [0.5, 0.6) is 0 Å². The smallest absolute Gasteiger partial charge is 0.326 e. The predicted octanol–water partition coefficient (Wildman–Crippen LogP) is -1.81. The SMILES string of the molecule is CC(NC(=O)C(CS)NC(=O)C1CCCN1)C(=O)NC(Cc1cnc[nH]1)C(=O)O. The maximum absolute atomic E-state index is 12.4. The van der Waals surface area contributed by atoms with Crippen molar-refractivity contribution in [2.45, 2.75) is 50.4 Å². The highest BCUT2D eigenvalue weighted by atomic mass is 32.1. The standard InChI is InChI=1S/C17H26N6O5S/c1-9(14(24)22-12(17(27)28)5-10-6-18-8-20-10)21-16(26)13(7-29)23-15(25)11-3-2-4-19-11/h6,8-9,11-13,19,29H,2-5,7H2,1H3,(H,18,20)(H,21,26)(H,22,24)(H,23,25)(H,27,28). The van der Waals surface area contributed by atoms with E-state index in [9.17, 15) is 24.3 Å². The van der Waals surface area contributed by atoms with Crippen LogP contribution in [0.15, 0.2) is 12.5 Å². The Bertz CT molecular complexity index is 722. The van der Waals surface area contributed by atoms with Crippen LogP contribution in [0, 0.1) is 0 Å². The van der Waals surface area contributed by atoms with Crippen LogP contribution in [-0.2, 0) is 25.6 Å².